The molecule has 1 amide bonds. The molecule has 3 rings (SSSR count). The van der Waals surface area contributed by atoms with Crippen LogP contribution in [0, 0.1) is 6.92 Å². The predicted molar refractivity (Wildman–Crippen MR) is 93.0 cm³/mol. The highest BCUT2D eigenvalue weighted by Crippen LogP contribution is 2.27. The predicted octanol–water partition coefficient (Wildman–Crippen LogP) is 3.15. The number of hydrogen-bond donors (Lipinski definition) is 2. The van der Waals surface area contributed by atoms with Crippen molar-refractivity contribution in [2.45, 2.75) is 6.92 Å². The van der Waals surface area contributed by atoms with Crippen LogP contribution < -0.4 is 10.1 Å². The number of benzene rings is 2. The Hall–Kier alpha value is -3.41. The van der Waals surface area contributed by atoms with Crippen LogP contribution in [-0.2, 0) is 4.79 Å². The van der Waals surface area contributed by atoms with Crippen molar-refractivity contribution in [1.29, 1.82) is 0 Å². The molecular weight excluding hydrogens is 320 g/mol. The maximum absolute atomic E-state index is 12.0. The third-order valence-electron chi connectivity index (χ3n) is 3.61. The van der Waals surface area contributed by atoms with Gasteiger partial charge in [-0.15, -0.1) is 0 Å². The fourth-order valence-corrected chi connectivity index (χ4v) is 2.45. The first-order valence-electron chi connectivity index (χ1n) is 7.67. The second-order valence-corrected chi connectivity index (χ2v) is 5.47. The molecule has 1 heterocycles. The number of ether oxygens (including phenoxy) is 1. The zero-order valence-corrected chi connectivity index (χ0v) is 13.5. The number of pyridine rings is 1. The van der Waals surface area contributed by atoms with Gasteiger partial charge in [0, 0.05) is 11.1 Å². The third kappa shape index (κ3) is 3.92. The normalized spacial score (nSPS) is 10.4. The zero-order chi connectivity index (χ0) is 17.8. The Bertz CT molecular complexity index is 939. The third-order valence-corrected chi connectivity index (χ3v) is 3.61. The van der Waals surface area contributed by atoms with Gasteiger partial charge >= 0.3 is 5.97 Å². The number of carbonyl (C=O) groups excluding carboxylic acids is 1. The Labute approximate surface area is 144 Å². The number of nitrogens with one attached hydrogen (secondary N) is 1. The number of fused-ring (bicyclic) bond motifs is 1. The van der Waals surface area contributed by atoms with E-state index in [1.807, 2.05) is 48.5 Å². The zero-order valence-electron chi connectivity index (χ0n) is 13.5. The molecule has 126 valence electrons. The molecule has 0 unspecified atom stereocenters. The SMILES string of the molecule is Cc1nc(C(=O)NCC(=O)O)cc2ccc(Oc3ccccc3)cc12. The summed E-state index contributed by atoms with van der Waals surface area (Å²) >= 11 is 0. The first-order valence-corrected chi connectivity index (χ1v) is 7.67. The highest BCUT2D eigenvalue weighted by Gasteiger charge is 2.12. The molecule has 0 saturated carbocycles. The minimum atomic E-state index is -1.10. The molecule has 0 aliphatic rings. The molecule has 0 fully saturated rings. The number of carboxylic acid groups (broad SMARTS) is 1. The van der Waals surface area contributed by atoms with Crippen LogP contribution in [0.3, 0.4) is 0 Å². The molecule has 0 radical (unpaired) electrons. The molecule has 0 atom stereocenters. The van der Waals surface area contributed by atoms with Crippen LogP contribution >= 0.6 is 0 Å². The van der Waals surface area contributed by atoms with Gasteiger partial charge in [0.2, 0.25) is 0 Å². The molecule has 2 aromatic carbocycles. The van der Waals surface area contributed by atoms with E-state index in [1.165, 1.54) is 0 Å². The molecule has 0 saturated heterocycles. The van der Waals surface area contributed by atoms with Crippen molar-refractivity contribution in [2.75, 3.05) is 6.54 Å². The minimum Gasteiger partial charge on any atom is -0.480 e. The molecule has 6 nitrogen and oxygen atoms in total. The Morgan fingerprint density at radius 3 is 2.56 bits per heavy atom. The summed E-state index contributed by atoms with van der Waals surface area (Å²) in [6.45, 7) is 1.35. The van der Waals surface area contributed by atoms with Crippen molar-refractivity contribution in [3.63, 3.8) is 0 Å². The van der Waals surface area contributed by atoms with Crippen LogP contribution in [0.4, 0.5) is 0 Å². The lowest BCUT2D eigenvalue weighted by Crippen LogP contribution is -2.30. The summed E-state index contributed by atoms with van der Waals surface area (Å²) in [5, 5.41) is 12.6. The van der Waals surface area contributed by atoms with Crippen molar-refractivity contribution in [1.82, 2.24) is 10.3 Å². The van der Waals surface area contributed by atoms with Gasteiger partial charge < -0.3 is 15.2 Å². The van der Waals surface area contributed by atoms with E-state index in [-0.39, 0.29) is 5.69 Å². The topological polar surface area (TPSA) is 88.5 Å². The van der Waals surface area contributed by atoms with Crippen LogP contribution in [0.2, 0.25) is 0 Å². The molecule has 0 aliphatic carbocycles. The van der Waals surface area contributed by atoms with E-state index < -0.39 is 18.4 Å². The number of hydrogen-bond acceptors (Lipinski definition) is 4. The molecule has 25 heavy (non-hydrogen) atoms. The van der Waals surface area contributed by atoms with Crippen molar-refractivity contribution in [3.05, 3.63) is 66.0 Å². The van der Waals surface area contributed by atoms with Gasteiger partial charge in [-0.2, -0.15) is 0 Å². The smallest absolute Gasteiger partial charge is 0.322 e. The quantitative estimate of drug-likeness (QED) is 0.747. The number of carbonyl (C=O) groups is 2. The van der Waals surface area contributed by atoms with E-state index in [2.05, 4.69) is 10.3 Å². The maximum Gasteiger partial charge on any atom is 0.322 e. The Morgan fingerprint density at radius 2 is 1.84 bits per heavy atom. The summed E-state index contributed by atoms with van der Waals surface area (Å²) in [6, 6.07) is 16.6. The molecule has 2 N–H and O–H groups in total. The van der Waals surface area contributed by atoms with E-state index in [0.29, 0.717) is 11.4 Å². The summed E-state index contributed by atoms with van der Waals surface area (Å²) < 4.78 is 5.81. The number of aliphatic carboxylic acids is 1. The van der Waals surface area contributed by atoms with Gasteiger partial charge in [-0.05, 0) is 42.6 Å². The number of para-hydroxylation sites is 1. The number of nitrogens with zero attached hydrogens (tertiary/aromatic N) is 1. The van der Waals surface area contributed by atoms with Gasteiger partial charge in [-0.3, -0.25) is 9.59 Å². The number of aromatic nitrogens is 1. The monoisotopic (exact) mass is 336 g/mol. The van der Waals surface area contributed by atoms with Gasteiger partial charge in [-0.25, -0.2) is 4.98 Å². The summed E-state index contributed by atoms with van der Waals surface area (Å²) in [7, 11) is 0. The van der Waals surface area contributed by atoms with E-state index >= 15 is 0 Å². The van der Waals surface area contributed by atoms with Crippen LogP contribution in [0.1, 0.15) is 16.2 Å². The minimum absolute atomic E-state index is 0.183. The van der Waals surface area contributed by atoms with E-state index in [0.717, 1.165) is 16.5 Å². The van der Waals surface area contributed by atoms with Gasteiger partial charge in [-0.1, -0.05) is 24.3 Å². The first-order chi connectivity index (χ1) is 12.0. The van der Waals surface area contributed by atoms with Gasteiger partial charge in [0.15, 0.2) is 0 Å². The van der Waals surface area contributed by atoms with E-state index in [4.69, 9.17) is 9.84 Å². The second kappa shape index (κ2) is 7.00. The highest BCUT2D eigenvalue weighted by atomic mass is 16.5. The lowest BCUT2D eigenvalue weighted by Gasteiger charge is -2.10. The lowest BCUT2D eigenvalue weighted by molar-refractivity contribution is -0.135. The molecule has 0 bridgehead atoms. The number of carboxylic acids is 1. The van der Waals surface area contributed by atoms with Gasteiger partial charge in [0.05, 0.1) is 0 Å². The fourth-order valence-electron chi connectivity index (χ4n) is 2.45. The number of amides is 1. The number of rotatable bonds is 5. The fraction of sp³-hybridized carbons (Fsp3) is 0.105. The van der Waals surface area contributed by atoms with Crippen LogP contribution in [0.15, 0.2) is 54.6 Å². The van der Waals surface area contributed by atoms with Crippen LogP contribution in [0.25, 0.3) is 10.8 Å². The van der Waals surface area contributed by atoms with Crippen LogP contribution in [0.5, 0.6) is 11.5 Å². The van der Waals surface area contributed by atoms with Gasteiger partial charge in [0.25, 0.3) is 5.91 Å². The van der Waals surface area contributed by atoms with Crippen LogP contribution in [-0.4, -0.2) is 28.5 Å². The summed E-state index contributed by atoms with van der Waals surface area (Å²) in [6.07, 6.45) is 0. The van der Waals surface area contributed by atoms with Crippen molar-refractivity contribution < 1.29 is 19.4 Å². The molecule has 0 spiro atoms. The Balaban J connectivity index is 1.88. The second-order valence-electron chi connectivity index (χ2n) is 5.47. The summed E-state index contributed by atoms with van der Waals surface area (Å²) in [5.74, 6) is -0.214. The molecule has 0 aliphatic heterocycles. The molecule has 1 aromatic heterocycles. The van der Waals surface area contributed by atoms with Gasteiger partial charge in [0.1, 0.15) is 23.7 Å². The largest absolute Gasteiger partial charge is 0.480 e. The Morgan fingerprint density at radius 1 is 1.08 bits per heavy atom. The summed E-state index contributed by atoms with van der Waals surface area (Å²) in [4.78, 5) is 26.8. The lowest BCUT2D eigenvalue weighted by atomic mass is 10.1. The summed E-state index contributed by atoms with van der Waals surface area (Å²) in [5.41, 5.74) is 0.847. The van der Waals surface area contributed by atoms with Crippen molar-refractivity contribution in [2.24, 2.45) is 0 Å². The van der Waals surface area contributed by atoms with E-state index in [1.54, 1.807) is 13.0 Å². The average Bonchev–Trinajstić information content (AvgIpc) is 2.61. The van der Waals surface area contributed by atoms with Crippen molar-refractivity contribution >= 4 is 22.6 Å². The first kappa shape index (κ1) is 16.4. The highest BCUT2D eigenvalue weighted by molar-refractivity contribution is 5.98. The molecule has 3 aromatic rings. The van der Waals surface area contributed by atoms with Crippen molar-refractivity contribution in [3.8, 4) is 11.5 Å². The number of aryl methyl sites for hydroxylation is 1. The molecular formula is C19H16N2O4. The molecule has 6 heteroatoms. The maximum atomic E-state index is 12.0. The van der Waals surface area contributed by atoms with E-state index in [9.17, 15) is 9.59 Å². The standard InChI is InChI=1S/C19H16N2O4/c1-12-16-10-15(25-14-5-3-2-4-6-14)8-7-13(16)9-17(21-12)19(24)20-11-18(22)23/h2-10H,11H2,1H3,(H,20,24)(H,22,23). The average molecular weight is 336 g/mol. The Kier molecular flexibility index (Phi) is 4.61.